The first-order valence-corrected chi connectivity index (χ1v) is 12.3. The molecule has 0 unspecified atom stereocenters. The number of benzene rings is 2. The van der Waals surface area contributed by atoms with Crippen LogP contribution in [-0.4, -0.2) is 28.9 Å². The minimum atomic E-state index is -4.91. The van der Waals surface area contributed by atoms with Crippen LogP contribution in [0.15, 0.2) is 65.7 Å². The van der Waals surface area contributed by atoms with Crippen LogP contribution < -0.4 is 5.32 Å². The Labute approximate surface area is 203 Å². The number of aromatic nitrogens is 3. The Morgan fingerprint density at radius 1 is 1.06 bits per heavy atom. The van der Waals surface area contributed by atoms with Gasteiger partial charge in [-0.1, -0.05) is 12.1 Å². The highest BCUT2D eigenvalue weighted by Gasteiger charge is 2.38. The first-order chi connectivity index (χ1) is 17.0. The molecular weight excluding hydrogens is 500 g/mol. The average Bonchev–Trinajstić information content (AvgIpc) is 3.55. The first kappa shape index (κ1) is 23.9. The van der Waals surface area contributed by atoms with Gasteiger partial charge in [0, 0.05) is 23.9 Å². The van der Waals surface area contributed by atoms with E-state index in [4.69, 9.17) is 0 Å². The smallest absolute Gasteiger partial charge is 0.322 e. The van der Waals surface area contributed by atoms with Crippen molar-refractivity contribution in [3.8, 4) is 11.1 Å². The molecule has 2 heterocycles. The lowest BCUT2D eigenvalue weighted by Crippen LogP contribution is -2.13. The lowest BCUT2D eigenvalue weighted by molar-refractivity contribution is -0.136. The molecule has 36 heavy (non-hydrogen) atoms. The van der Waals surface area contributed by atoms with Gasteiger partial charge in [0.1, 0.15) is 11.4 Å². The lowest BCUT2D eigenvalue weighted by Gasteiger charge is -2.15. The predicted octanol–water partition coefficient (Wildman–Crippen LogP) is 5.28. The van der Waals surface area contributed by atoms with Gasteiger partial charge in [-0.15, -0.1) is 14.1 Å². The fraction of sp³-hybridized carbons (Fsp3) is 0.208. The van der Waals surface area contributed by atoms with E-state index in [-0.39, 0.29) is 28.0 Å². The molecule has 7 nitrogen and oxygen atoms in total. The number of anilines is 1. The molecule has 0 saturated heterocycles. The number of carbonyl (C=O) groups excluding carboxylic acids is 1. The molecule has 2 aromatic heterocycles. The third-order valence-corrected chi connectivity index (χ3v) is 6.77. The number of nitrogens with one attached hydrogen (secondary N) is 1. The number of nitrogens with zero attached hydrogens (tertiary/aromatic N) is 3. The Hall–Kier alpha value is -3.80. The summed E-state index contributed by atoms with van der Waals surface area (Å²) >= 11 is 0. The van der Waals surface area contributed by atoms with Gasteiger partial charge in [0.05, 0.1) is 4.90 Å². The molecule has 1 N–H and O–H groups in total. The van der Waals surface area contributed by atoms with Crippen molar-refractivity contribution in [1.82, 2.24) is 14.6 Å². The molecule has 0 bridgehead atoms. The number of pyridine rings is 1. The van der Waals surface area contributed by atoms with Crippen molar-refractivity contribution in [2.24, 2.45) is 5.92 Å². The number of fused-ring (bicyclic) bond motifs is 1. The Balaban J connectivity index is 1.47. The number of hydrogen-bond acceptors (Lipinski definition) is 5. The number of amides is 1. The summed E-state index contributed by atoms with van der Waals surface area (Å²) in [4.78, 5) is 12.0. The highest BCUT2D eigenvalue weighted by molar-refractivity contribution is 7.86. The van der Waals surface area contributed by atoms with Crippen LogP contribution in [0.3, 0.4) is 0 Å². The van der Waals surface area contributed by atoms with Gasteiger partial charge in [0.2, 0.25) is 0 Å². The van der Waals surface area contributed by atoms with E-state index in [0.717, 1.165) is 37.1 Å². The third-order valence-electron chi connectivity index (χ3n) is 5.93. The molecule has 1 aliphatic rings. The molecule has 1 aliphatic carbocycles. The highest BCUT2D eigenvalue weighted by Crippen LogP contribution is 2.40. The van der Waals surface area contributed by atoms with Crippen molar-refractivity contribution in [3.05, 3.63) is 77.7 Å². The molecule has 0 aliphatic heterocycles. The second-order valence-corrected chi connectivity index (χ2v) is 9.90. The van der Waals surface area contributed by atoms with Gasteiger partial charge < -0.3 is 5.32 Å². The van der Waals surface area contributed by atoms with Gasteiger partial charge in [-0.2, -0.15) is 21.6 Å². The van der Waals surface area contributed by atoms with Gasteiger partial charge in [0.15, 0.2) is 5.65 Å². The van der Waals surface area contributed by atoms with E-state index < -0.39 is 32.8 Å². The maximum absolute atomic E-state index is 14.2. The summed E-state index contributed by atoms with van der Waals surface area (Å²) in [6, 6.07) is 11.4. The largest absolute Gasteiger partial charge is 0.420 e. The van der Waals surface area contributed by atoms with Crippen molar-refractivity contribution in [2.75, 3.05) is 5.32 Å². The molecule has 2 aromatic carbocycles. The van der Waals surface area contributed by atoms with E-state index in [9.17, 15) is 30.3 Å². The number of halogens is 4. The van der Waals surface area contributed by atoms with Crippen molar-refractivity contribution >= 4 is 27.5 Å². The highest BCUT2D eigenvalue weighted by atomic mass is 32.3. The van der Waals surface area contributed by atoms with Crippen LogP contribution in [0.1, 0.15) is 34.6 Å². The van der Waals surface area contributed by atoms with Crippen LogP contribution in [0.2, 0.25) is 0 Å². The maximum Gasteiger partial charge on any atom is 0.420 e. The summed E-state index contributed by atoms with van der Waals surface area (Å²) < 4.78 is 78.9. The molecule has 1 fully saturated rings. The minimum absolute atomic E-state index is 0.0388. The molecule has 0 radical (unpaired) electrons. The summed E-state index contributed by atoms with van der Waals surface area (Å²) in [6.07, 6.45) is -0.576. The SMILES string of the molecule is O=C(Nc1cccc(-c2ccn3c(CC4CC4)nnc3c2C(F)(F)F)c1)c1ccc(S(=O)(=O)F)cc1. The van der Waals surface area contributed by atoms with Crippen molar-refractivity contribution in [3.63, 3.8) is 0 Å². The second kappa shape index (κ2) is 8.70. The molecule has 186 valence electrons. The van der Waals surface area contributed by atoms with Crippen molar-refractivity contribution in [2.45, 2.75) is 30.3 Å². The third kappa shape index (κ3) is 4.81. The molecule has 5 rings (SSSR count). The van der Waals surface area contributed by atoms with Crippen LogP contribution >= 0.6 is 0 Å². The quantitative estimate of drug-likeness (QED) is 0.277. The monoisotopic (exact) mass is 518 g/mol. The normalized spacial score (nSPS) is 14.2. The zero-order chi connectivity index (χ0) is 25.7. The van der Waals surface area contributed by atoms with E-state index >= 15 is 0 Å². The molecule has 12 heteroatoms. The topological polar surface area (TPSA) is 93.4 Å². The van der Waals surface area contributed by atoms with E-state index in [2.05, 4.69) is 15.5 Å². The molecule has 4 aromatic rings. The summed E-state index contributed by atoms with van der Waals surface area (Å²) in [5, 5.41) is 10.4. The summed E-state index contributed by atoms with van der Waals surface area (Å²) in [6.45, 7) is 0. The van der Waals surface area contributed by atoms with Crippen LogP contribution in [-0.2, 0) is 22.8 Å². The standard InChI is InChI=1S/C24H18F4N4O3S/c25-24(26,27)21-19(10-11-32-20(12-14-4-5-14)30-31-22(21)32)16-2-1-3-17(13-16)29-23(33)15-6-8-18(9-7-15)36(28,34)35/h1-3,6-11,13-14H,4-5,12H2,(H,29,33). The van der Waals surface area contributed by atoms with Crippen LogP contribution in [0, 0.1) is 5.92 Å². The Bertz CT molecular complexity index is 1580. The summed E-state index contributed by atoms with van der Waals surface area (Å²) in [5.74, 6) is 0.255. The van der Waals surface area contributed by atoms with Crippen LogP contribution in [0.25, 0.3) is 16.8 Å². The zero-order valence-electron chi connectivity index (χ0n) is 18.5. The Morgan fingerprint density at radius 3 is 2.42 bits per heavy atom. The Morgan fingerprint density at radius 2 is 1.78 bits per heavy atom. The average molecular weight is 518 g/mol. The Kier molecular flexibility index (Phi) is 5.78. The van der Waals surface area contributed by atoms with E-state index in [0.29, 0.717) is 18.2 Å². The summed E-state index contributed by atoms with van der Waals surface area (Å²) in [5.41, 5.74) is -0.873. The van der Waals surface area contributed by atoms with Crippen molar-refractivity contribution in [1.29, 1.82) is 0 Å². The van der Waals surface area contributed by atoms with Crippen LogP contribution in [0.4, 0.5) is 22.7 Å². The van der Waals surface area contributed by atoms with E-state index in [1.807, 2.05) is 0 Å². The van der Waals surface area contributed by atoms with Crippen molar-refractivity contribution < 1.29 is 30.3 Å². The maximum atomic E-state index is 14.2. The molecule has 1 amide bonds. The van der Waals surface area contributed by atoms with Crippen LogP contribution in [0.5, 0.6) is 0 Å². The van der Waals surface area contributed by atoms with E-state index in [1.54, 1.807) is 0 Å². The van der Waals surface area contributed by atoms with Gasteiger partial charge in [-0.3, -0.25) is 9.20 Å². The fourth-order valence-corrected chi connectivity index (χ4v) is 4.44. The fourth-order valence-electron chi connectivity index (χ4n) is 3.98. The predicted molar refractivity (Wildman–Crippen MR) is 123 cm³/mol. The van der Waals surface area contributed by atoms with Gasteiger partial charge in [0.25, 0.3) is 5.91 Å². The summed E-state index contributed by atoms with van der Waals surface area (Å²) in [7, 11) is -4.91. The number of alkyl halides is 3. The van der Waals surface area contributed by atoms with Gasteiger partial charge in [-0.25, -0.2) is 0 Å². The zero-order valence-corrected chi connectivity index (χ0v) is 19.3. The van der Waals surface area contributed by atoms with Gasteiger partial charge >= 0.3 is 16.4 Å². The molecule has 0 atom stereocenters. The molecule has 1 saturated carbocycles. The second-order valence-electron chi connectivity index (χ2n) is 8.56. The van der Waals surface area contributed by atoms with Gasteiger partial charge in [-0.05, 0) is 72.4 Å². The van der Waals surface area contributed by atoms with E-state index in [1.165, 1.54) is 40.9 Å². The number of carbonyl (C=O) groups is 1. The minimum Gasteiger partial charge on any atom is -0.322 e. The number of hydrogen-bond donors (Lipinski definition) is 1. The number of rotatable bonds is 6. The molecular formula is C24H18F4N4O3S. The molecule has 0 spiro atoms. The first-order valence-electron chi connectivity index (χ1n) is 10.9. The lowest BCUT2D eigenvalue weighted by atomic mass is 10.00.